The van der Waals surface area contributed by atoms with Crippen LogP contribution in [0.3, 0.4) is 0 Å². The molecule has 1 unspecified atom stereocenters. The van der Waals surface area contributed by atoms with Crippen LogP contribution in [0, 0.1) is 24.1 Å². The van der Waals surface area contributed by atoms with Gasteiger partial charge in [-0.3, -0.25) is 14.7 Å². The number of hydrogen-bond acceptors (Lipinski definition) is 6. The Balaban J connectivity index is 1.24. The minimum absolute atomic E-state index is 0.210. The number of pyridine rings is 1. The molecule has 1 aromatic carbocycles. The number of likely N-dealkylation sites (tertiary alicyclic amines) is 1. The zero-order valence-electron chi connectivity index (χ0n) is 19.1. The number of hydrogen-bond donors (Lipinski definition) is 1. The van der Waals surface area contributed by atoms with Crippen molar-refractivity contribution in [2.24, 2.45) is 0 Å². The monoisotopic (exact) mass is 474 g/mol. The SMILES string of the molecule is Cc1[nH]nc2ccc(OC3CC4(C3)C(=O)N(CC(=O)N3CCCC3C#N)c3cccc(F)c34)nc12. The standard InChI is InChI=1S/C25H23FN6O3/c1-14-23-18(30-29-14)7-8-20(28-23)35-16-10-25(11-16)22-17(26)5-2-6-19(22)32(24(25)34)13-21(33)31-9-3-4-15(31)12-27/h2,5-8,15-16H,3-4,9-11,13H2,1H3,(H,29,30). The predicted octanol–water partition coefficient (Wildman–Crippen LogP) is 2.75. The van der Waals surface area contributed by atoms with Crippen molar-refractivity contribution in [2.75, 3.05) is 18.0 Å². The smallest absolute Gasteiger partial charge is 0.243 e. The second kappa shape index (κ2) is 7.77. The quantitative estimate of drug-likeness (QED) is 0.622. The van der Waals surface area contributed by atoms with Crippen molar-refractivity contribution in [1.82, 2.24) is 20.1 Å². The first kappa shape index (κ1) is 21.5. The number of nitrogens with zero attached hydrogens (tertiary/aromatic N) is 5. The lowest BCUT2D eigenvalue weighted by Gasteiger charge is -2.43. The van der Waals surface area contributed by atoms with E-state index in [-0.39, 0.29) is 24.5 Å². The summed E-state index contributed by atoms with van der Waals surface area (Å²) in [5, 5.41) is 16.4. The Kier molecular flexibility index (Phi) is 4.78. The molecule has 1 spiro atoms. The summed E-state index contributed by atoms with van der Waals surface area (Å²) in [6.45, 7) is 2.15. The first-order valence-electron chi connectivity index (χ1n) is 11.7. The molecule has 9 nitrogen and oxygen atoms in total. The number of ether oxygens (including phenoxy) is 1. The summed E-state index contributed by atoms with van der Waals surface area (Å²) in [5.41, 5.74) is 1.95. The van der Waals surface area contributed by atoms with E-state index in [4.69, 9.17) is 4.74 Å². The van der Waals surface area contributed by atoms with Gasteiger partial charge in [-0.2, -0.15) is 10.4 Å². The molecular formula is C25H23FN6O3. The van der Waals surface area contributed by atoms with Gasteiger partial charge in [-0.25, -0.2) is 9.37 Å². The minimum atomic E-state index is -1.07. The Bertz CT molecular complexity index is 1410. The molecule has 0 radical (unpaired) electrons. The first-order valence-corrected chi connectivity index (χ1v) is 11.7. The minimum Gasteiger partial charge on any atom is -0.474 e. The van der Waals surface area contributed by atoms with E-state index in [0.29, 0.717) is 48.5 Å². The Morgan fingerprint density at radius 1 is 1.34 bits per heavy atom. The van der Waals surface area contributed by atoms with Crippen LogP contribution in [-0.4, -0.2) is 57.1 Å². The third-order valence-corrected chi connectivity index (χ3v) is 7.42. The van der Waals surface area contributed by atoms with Crippen molar-refractivity contribution < 1.29 is 18.7 Å². The summed E-state index contributed by atoms with van der Waals surface area (Å²) in [6, 6.07) is 9.78. The summed E-state index contributed by atoms with van der Waals surface area (Å²) in [4.78, 5) is 34.0. The van der Waals surface area contributed by atoms with E-state index in [9.17, 15) is 14.9 Å². The van der Waals surface area contributed by atoms with E-state index in [2.05, 4.69) is 21.3 Å². The molecule has 2 aliphatic heterocycles. The fourth-order valence-electron chi connectivity index (χ4n) is 5.68. The molecule has 2 amide bonds. The predicted molar refractivity (Wildman–Crippen MR) is 123 cm³/mol. The molecule has 1 atom stereocenters. The van der Waals surface area contributed by atoms with Crippen LogP contribution in [0.5, 0.6) is 5.88 Å². The van der Waals surface area contributed by atoms with E-state index >= 15 is 4.39 Å². The number of benzene rings is 1. The van der Waals surface area contributed by atoms with Crippen LogP contribution in [0.15, 0.2) is 30.3 Å². The molecule has 35 heavy (non-hydrogen) atoms. The van der Waals surface area contributed by atoms with Gasteiger partial charge >= 0.3 is 0 Å². The topological polar surface area (TPSA) is 115 Å². The molecule has 0 bridgehead atoms. The molecule has 1 aliphatic carbocycles. The van der Waals surface area contributed by atoms with E-state index < -0.39 is 17.3 Å². The highest BCUT2D eigenvalue weighted by molar-refractivity contribution is 6.11. The zero-order chi connectivity index (χ0) is 24.3. The van der Waals surface area contributed by atoms with Crippen LogP contribution in [0.4, 0.5) is 10.1 Å². The molecule has 2 aromatic heterocycles. The molecule has 10 heteroatoms. The number of aryl methyl sites for hydroxylation is 1. The maximum atomic E-state index is 15.1. The number of H-pyrrole nitrogens is 1. The van der Waals surface area contributed by atoms with Crippen molar-refractivity contribution >= 4 is 28.5 Å². The van der Waals surface area contributed by atoms with Gasteiger partial charge < -0.3 is 14.5 Å². The summed E-state index contributed by atoms with van der Waals surface area (Å²) in [7, 11) is 0. The summed E-state index contributed by atoms with van der Waals surface area (Å²) in [5.74, 6) is -0.638. The van der Waals surface area contributed by atoms with E-state index in [1.807, 2.05) is 13.0 Å². The van der Waals surface area contributed by atoms with Gasteiger partial charge in [-0.05, 0) is 38.0 Å². The van der Waals surface area contributed by atoms with E-state index in [1.54, 1.807) is 18.2 Å². The number of aromatic nitrogens is 3. The third-order valence-electron chi connectivity index (χ3n) is 7.42. The van der Waals surface area contributed by atoms with Crippen LogP contribution in [0.1, 0.15) is 36.9 Å². The fraction of sp³-hybridized carbons (Fsp3) is 0.400. The lowest BCUT2D eigenvalue weighted by Crippen LogP contribution is -2.55. The van der Waals surface area contributed by atoms with Crippen LogP contribution in [0.2, 0.25) is 0 Å². The number of halogens is 1. The highest BCUT2D eigenvalue weighted by Crippen LogP contribution is 2.55. The summed E-state index contributed by atoms with van der Waals surface area (Å²) in [6.07, 6.45) is 1.64. The molecule has 4 heterocycles. The number of anilines is 1. The highest BCUT2D eigenvalue weighted by atomic mass is 19.1. The maximum Gasteiger partial charge on any atom is 0.243 e. The highest BCUT2D eigenvalue weighted by Gasteiger charge is 2.61. The van der Waals surface area contributed by atoms with Gasteiger partial charge in [0.25, 0.3) is 0 Å². The lowest BCUT2D eigenvalue weighted by atomic mass is 9.63. The van der Waals surface area contributed by atoms with Crippen LogP contribution >= 0.6 is 0 Å². The zero-order valence-corrected chi connectivity index (χ0v) is 19.1. The number of carbonyl (C=O) groups excluding carboxylic acids is 2. The second-order valence-electron chi connectivity index (χ2n) is 9.50. The van der Waals surface area contributed by atoms with Crippen molar-refractivity contribution in [2.45, 2.75) is 50.2 Å². The van der Waals surface area contributed by atoms with Crippen molar-refractivity contribution in [1.29, 1.82) is 5.26 Å². The number of rotatable bonds is 4. The van der Waals surface area contributed by atoms with Crippen LogP contribution in [0.25, 0.3) is 11.0 Å². The normalized spacial score (nSPS) is 25.1. The number of nitrogens with one attached hydrogen (secondary N) is 1. The Morgan fingerprint density at radius 2 is 2.17 bits per heavy atom. The van der Waals surface area contributed by atoms with Crippen LogP contribution in [-0.2, 0) is 15.0 Å². The average molecular weight is 474 g/mol. The molecule has 2 fully saturated rings. The van der Waals surface area contributed by atoms with Gasteiger partial charge in [0.05, 0.1) is 22.9 Å². The third kappa shape index (κ3) is 3.18. The molecule has 1 saturated carbocycles. The van der Waals surface area contributed by atoms with Gasteiger partial charge in [0.2, 0.25) is 17.7 Å². The van der Waals surface area contributed by atoms with Gasteiger partial charge in [-0.1, -0.05) is 6.07 Å². The van der Waals surface area contributed by atoms with E-state index in [1.165, 1.54) is 15.9 Å². The summed E-state index contributed by atoms with van der Waals surface area (Å²) >= 11 is 0. The number of nitriles is 1. The number of carbonyl (C=O) groups is 2. The van der Waals surface area contributed by atoms with Crippen LogP contribution < -0.4 is 9.64 Å². The Hall–Kier alpha value is -4.00. The number of amides is 2. The first-order chi connectivity index (χ1) is 16.9. The van der Waals surface area contributed by atoms with Crippen molar-refractivity contribution in [3.05, 3.63) is 47.4 Å². The Morgan fingerprint density at radius 3 is 2.97 bits per heavy atom. The van der Waals surface area contributed by atoms with Gasteiger partial charge in [0.15, 0.2) is 0 Å². The number of fused-ring (bicyclic) bond motifs is 3. The average Bonchev–Trinajstić information content (AvgIpc) is 3.51. The fourth-order valence-corrected chi connectivity index (χ4v) is 5.68. The molecule has 1 saturated heterocycles. The largest absolute Gasteiger partial charge is 0.474 e. The van der Waals surface area contributed by atoms with E-state index in [0.717, 1.165) is 17.6 Å². The van der Waals surface area contributed by atoms with Crippen molar-refractivity contribution in [3.63, 3.8) is 0 Å². The lowest BCUT2D eigenvalue weighted by molar-refractivity contribution is -0.134. The Labute approximate surface area is 200 Å². The van der Waals surface area contributed by atoms with Gasteiger partial charge in [0.1, 0.15) is 35.5 Å². The molecule has 178 valence electrons. The molecule has 6 rings (SSSR count). The number of aromatic amines is 1. The molecular weight excluding hydrogens is 451 g/mol. The molecule has 3 aliphatic rings. The summed E-state index contributed by atoms with van der Waals surface area (Å²) < 4.78 is 21.1. The second-order valence-corrected chi connectivity index (χ2v) is 9.50. The molecule has 1 N–H and O–H groups in total. The van der Waals surface area contributed by atoms with Crippen molar-refractivity contribution in [3.8, 4) is 11.9 Å². The maximum absolute atomic E-state index is 15.1. The molecule has 3 aromatic rings. The van der Waals surface area contributed by atoms with Gasteiger partial charge in [0, 0.05) is 31.0 Å². The van der Waals surface area contributed by atoms with Gasteiger partial charge in [-0.15, -0.1) is 0 Å².